The van der Waals surface area contributed by atoms with Crippen molar-refractivity contribution in [3.8, 4) is 11.4 Å². The van der Waals surface area contributed by atoms with Crippen LogP contribution in [0.5, 0.6) is 0 Å². The first-order chi connectivity index (χ1) is 15.0. The topological polar surface area (TPSA) is 97.2 Å². The number of anilines is 1. The molecule has 1 unspecified atom stereocenters. The molecule has 4 heterocycles. The minimum Gasteiger partial charge on any atom is -0.381 e. The largest absolute Gasteiger partial charge is 0.381 e. The smallest absolute Gasteiger partial charge is 0.259 e. The van der Waals surface area contributed by atoms with E-state index < -0.39 is 17.5 Å². The summed E-state index contributed by atoms with van der Waals surface area (Å²) in [5.74, 6) is -0.430. The fraction of sp³-hybridized carbons (Fsp3) is 0.238. The summed E-state index contributed by atoms with van der Waals surface area (Å²) in [6.45, 7) is 2.90. The van der Waals surface area contributed by atoms with Gasteiger partial charge in [-0.15, -0.1) is 0 Å². The molecule has 1 aliphatic heterocycles. The highest BCUT2D eigenvalue weighted by Crippen LogP contribution is 2.29. The Bertz CT molecular complexity index is 1290. The molecule has 1 saturated heterocycles. The van der Waals surface area contributed by atoms with Gasteiger partial charge in [0, 0.05) is 18.2 Å². The third-order valence-corrected chi connectivity index (χ3v) is 5.35. The SMILES string of the molecule is Cc1cc(F)c(-c2n[nH]c(C3CCOC3)n2)cc1NC(=O)c1cnn2cc(F)ccc12. The van der Waals surface area contributed by atoms with Crippen LogP contribution in [0.1, 0.15) is 34.1 Å². The number of hydrogen-bond acceptors (Lipinski definition) is 5. The molecule has 0 saturated carbocycles. The van der Waals surface area contributed by atoms with E-state index in [1.165, 1.54) is 41.2 Å². The average molecular weight is 424 g/mol. The highest BCUT2D eigenvalue weighted by Gasteiger charge is 2.23. The van der Waals surface area contributed by atoms with Gasteiger partial charge in [-0.1, -0.05) is 0 Å². The van der Waals surface area contributed by atoms with Crippen molar-refractivity contribution < 1.29 is 18.3 Å². The number of carbonyl (C=O) groups is 1. The molecule has 31 heavy (non-hydrogen) atoms. The van der Waals surface area contributed by atoms with Gasteiger partial charge in [-0.2, -0.15) is 10.2 Å². The first-order valence-corrected chi connectivity index (χ1v) is 9.74. The maximum Gasteiger partial charge on any atom is 0.259 e. The lowest BCUT2D eigenvalue weighted by Crippen LogP contribution is -2.13. The van der Waals surface area contributed by atoms with Gasteiger partial charge in [0.25, 0.3) is 5.91 Å². The van der Waals surface area contributed by atoms with E-state index in [0.29, 0.717) is 35.8 Å². The number of nitrogens with zero attached hydrogens (tertiary/aromatic N) is 4. The second-order valence-corrected chi connectivity index (χ2v) is 7.44. The minimum atomic E-state index is -0.491. The molecule has 0 bridgehead atoms. The number of hydrogen-bond donors (Lipinski definition) is 2. The summed E-state index contributed by atoms with van der Waals surface area (Å²) in [7, 11) is 0. The predicted octanol–water partition coefficient (Wildman–Crippen LogP) is 3.46. The fourth-order valence-electron chi connectivity index (χ4n) is 3.63. The van der Waals surface area contributed by atoms with Crippen LogP contribution in [-0.2, 0) is 4.74 Å². The molecule has 0 spiro atoms. The van der Waals surface area contributed by atoms with Crippen LogP contribution in [0, 0.1) is 18.6 Å². The summed E-state index contributed by atoms with van der Waals surface area (Å²) in [6, 6.07) is 5.56. The van der Waals surface area contributed by atoms with Gasteiger partial charge in [-0.25, -0.2) is 18.3 Å². The van der Waals surface area contributed by atoms with Gasteiger partial charge in [0.1, 0.15) is 17.5 Å². The monoisotopic (exact) mass is 424 g/mol. The van der Waals surface area contributed by atoms with Gasteiger partial charge in [0.2, 0.25) is 0 Å². The van der Waals surface area contributed by atoms with E-state index in [1.807, 2.05) is 0 Å². The number of H-pyrrole nitrogens is 1. The van der Waals surface area contributed by atoms with Crippen LogP contribution in [0.15, 0.2) is 36.7 Å². The van der Waals surface area contributed by atoms with Crippen molar-refractivity contribution in [3.05, 3.63) is 65.2 Å². The number of aryl methyl sites for hydroxylation is 1. The highest BCUT2D eigenvalue weighted by molar-refractivity contribution is 6.09. The maximum absolute atomic E-state index is 14.7. The fourth-order valence-corrected chi connectivity index (χ4v) is 3.63. The number of aromatic amines is 1. The molecule has 5 rings (SSSR count). The third kappa shape index (κ3) is 3.55. The van der Waals surface area contributed by atoms with Crippen LogP contribution < -0.4 is 5.32 Å². The van der Waals surface area contributed by atoms with Crippen molar-refractivity contribution in [2.24, 2.45) is 0 Å². The number of carbonyl (C=O) groups excluding carboxylic acids is 1. The molecule has 4 aromatic rings. The Labute approximate surface area is 175 Å². The molecule has 158 valence electrons. The second kappa shape index (κ2) is 7.55. The molecule has 1 atom stereocenters. The number of benzene rings is 1. The molecule has 1 fully saturated rings. The summed E-state index contributed by atoms with van der Waals surface area (Å²) in [5.41, 5.74) is 1.85. The van der Waals surface area contributed by atoms with E-state index in [2.05, 4.69) is 25.6 Å². The first-order valence-electron chi connectivity index (χ1n) is 9.74. The summed E-state index contributed by atoms with van der Waals surface area (Å²) >= 11 is 0. The molecule has 10 heteroatoms. The van der Waals surface area contributed by atoms with Crippen LogP contribution in [0.25, 0.3) is 16.9 Å². The number of pyridine rings is 1. The summed E-state index contributed by atoms with van der Waals surface area (Å²) < 4.78 is 34.7. The molecular formula is C21H18F2N6O2. The first kappa shape index (κ1) is 19.3. The average Bonchev–Trinajstić information content (AvgIpc) is 3.49. The van der Waals surface area contributed by atoms with Crippen LogP contribution in [0.2, 0.25) is 0 Å². The van der Waals surface area contributed by atoms with E-state index >= 15 is 0 Å². The summed E-state index contributed by atoms with van der Waals surface area (Å²) in [5, 5.41) is 13.8. The zero-order valence-electron chi connectivity index (χ0n) is 16.5. The Morgan fingerprint density at radius 1 is 1.32 bits per heavy atom. The molecule has 3 aromatic heterocycles. The van der Waals surface area contributed by atoms with Gasteiger partial charge in [-0.3, -0.25) is 9.89 Å². The number of ether oxygens (including phenoxy) is 1. The normalized spacial score (nSPS) is 16.2. The predicted molar refractivity (Wildman–Crippen MR) is 108 cm³/mol. The van der Waals surface area contributed by atoms with E-state index in [4.69, 9.17) is 4.74 Å². The lowest BCUT2D eigenvalue weighted by molar-refractivity contribution is 0.102. The van der Waals surface area contributed by atoms with E-state index in [-0.39, 0.29) is 22.9 Å². The van der Waals surface area contributed by atoms with Gasteiger partial charge in [0.15, 0.2) is 5.82 Å². The Morgan fingerprint density at radius 3 is 3.00 bits per heavy atom. The van der Waals surface area contributed by atoms with Crippen molar-refractivity contribution in [1.29, 1.82) is 0 Å². The molecular weight excluding hydrogens is 406 g/mol. The minimum absolute atomic E-state index is 0.106. The second-order valence-electron chi connectivity index (χ2n) is 7.44. The van der Waals surface area contributed by atoms with Crippen molar-refractivity contribution in [2.75, 3.05) is 18.5 Å². The summed E-state index contributed by atoms with van der Waals surface area (Å²) in [6.07, 6.45) is 3.37. The quantitative estimate of drug-likeness (QED) is 0.523. The van der Waals surface area contributed by atoms with Crippen molar-refractivity contribution in [1.82, 2.24) is 24.8 Å². The maximum atomic E-state index is 14.7. The molecule has 1 aliphatic rings. The van der Waals surface area contributed by atoms with Gasteiger partial charge in [-0.05, 0) is 43.2 Å². The number of amides is 1. The van der Waals surface area contributed by atoms with Crippen LogP contribution in [0.3, 0.4) is 0 Å². The van der Waals surface area contributed by atoms with Crippen molar-refractivity contribution in [2.45, 2.75) is 19.3 Å². The lowest BCUT2D eigenvalue weighted by atomic mass is 10.1. The van der Waals surface area contributed by atoms with Crippen molar-refractivity contribution >= 4 is 17.1 Å². The Kier molecular flexibility index (Phi) is 4.70. The lowest BCUT2D eigenvalue weighted by Gasteiger charge is -2.10. The van der Waals surface area contributed by atoms with E-state index in [0.717, 1.165) is 6.42 Å². The Morgan fingerprint density at radius 2 is 2.19 bits per heavy atom. The zero-order valence-corrected chi connectivity index (χ0v) is 16.5. The number of fused-ring (bicyclic) bond motifs is 1. The molecule has 8 nitrogen and oxygen atoms in total. The molecule has 1 amide bonds. The third-order valence-electron chi connectivity index (χ3n) is 5.35. The van der Waals surface area contributed by atoms with E-state index in [9.17, 15) is 13.6 Å². The number of rotatable bonds is 4. The van der Waals surface area contributed by atoms with Crippen molar-refractivity contribution in [3.63, 3.8) is 0 Å². The van der Waals surface area contributed by atoms with Gasteiger partial charge >= 0.3 is 0 Å². The number of aromatic nitrogens is 5. The van der Waals surface area contributed by atoms with E-state index in [1.54, 1.807) is 6.92 Å². The Hall–Kier alpha value is -3.66. The zero-order chi connectivity index (χ0) is 21.5. The number of nitrogens with one attached hydrogen (secondary N) is 2. The summed E-state index contributed by atoms with van der Waals surface area (Å²) in [4.78, 5) is 17.3. The van der Waals surface area contributed by atoms with Crippen LogP contribution in [-0.4, -0.2) is 43.9 Å². The van der Waals surface area contributed by atoms with Crippen LogP contribution in [0.4, 0.5) is 14.5 Å². The Balaban J connectivity index is 1.45. The highest BCUT2D eigenvalue weighted by atomic mass is 19.1. The van der Waals surface area contributed by atoms with Crippen LogP contribution >= 0.6 is 0 Å². The van der Waals surface area contributed by atoms with Gasteiger partial charge < -0.3 is 10.1 Å². The molecule has 0 aliphatic carbocycles. The molecule has 0 radical (unpaired) electrons. The molecule has 2 N–H and O–H groups in total. The molecule has 1 aromatic carbocycles. The van der Waals surface area contributed by atoms with Gasteiger partial charge in [0.05, 0.1) is 35.6 Å². The number of halogens is 2. The standard InChI is InChI=1S/C21H18F2N6O2/c1-11-6-16(23)14(20-26-19(27-28-20)12-4-5-31-10-12)7-17(11)25-21(30)15-8-24-29-9-13(22)2-3-18(15)29/h2-3,6-9,12H,4-5,10H2,1H3,(H,25,30)(H,26,27,28).